The van der Waals surface area contributed by atoms with E-state index < -0.39 is 26.9 Å². The average Bonchev–Trinajstić information content (AvgIpc) is 1.93. The van der Waals surface area contributed by atoms with Crippen LogP contribution in [0.1, 0.15) is 27.2 Å². The molecule has 0 aromatic heterocycles. The molecule has 0 aromatic rings. The van der Waals surface area contributed by atoms with E-state index in [-0.39, 0.29) is 6.42 Å². The summed E-state index contributed by atoms with van der Waals surface area (Å²) in [6.07, 6.45) is 1.07. The van der Waals surface area contributed by atoms with Crippen LogP contribution >= 0.6 is 0 Å². The van der Waals surface area contributed by atoms with Crippen LogP contribution in [0.4, 0.5) is 0 Å². The SMILES string of the molecule is C=CCC(C(=O)OC(C)(C)C)S(=O)(=O)O. The molecule has 6 heteroatoms. The van der Waals surface area contributed by atoms with Crippen molar-refractivity contribution in [2.24, 2.45) is 0 Å². The molecule has 0 fully saturated rings. The summed E-state index contributed by atoms with van der Waals surface area (Å²) < 4.78 is 35.4. The van der Waals surface area contributed by atoms with Crippen LogP contribution in [0.15, 0.2) is 12.7 Å². The molecule has 1 atom stereocenters. The van der Waals surface area contributed by atoms with Gasteiger partial charge in [-0.1, -0.05) is 6.08 Å². The van der Waals surface area contributed by atoms with Gasteiger partial charge in [0.25, 0.3) is 10.1 Å². The zero-order valence-corrected chi connectivity index (χ0v) is 9.87. The fraction of sp³-hybridized carbons (Fsp3) is 0.667. The van der Waals surface area contributed by atoms with Crippen LogP contribution in [0.3, 0.4) is 0 Å². The van der Waals surface area contributed by atoms with Crippen LogP contribution in [0.5, 0.6) is 0 Å². The van der Waals surface area contributed by atoms with Gasteiger partial charge in [0, 0.05) is 0 Å². The Balaban J connectivity index is 4.81. The monoisotopic (exact) mass is 236 g/mol. The molecule has 0 amide bonds. The van der Waals surface area contributed by atoms with E-state index >= 15 is 0 Å². The lowest BCUT2D eigenvalue weighted by Crippen LogP contribution is -2.36. The normalized spacial score (nSPS) is 14.4. The van der Waals surface area contributed by atoms with Crippen molar-refractivity contribution in [3.05, 3.63) is 12.7 Å². The minimum absolute atomic E-state index is 0.173. The number of esters is 1. The zero-order chi connectivity index (χ0) is 12.3. The van der Waals surface area contributed by atoms with Crippen LogP contribution < -0.4 is 0 Å². The molecule has 1 unspecified atom stereocenters. The molecule has 0 spiro atoms. The van der Waals surface area contributed by atoms with Gasteiger partial charge in [-0.2, -0.15) is 8.42 Å². The summed E-state index contributed by atoms with van der Waals surface area (Å²) in [6, 6.07) is 0. The van der Waals surface area contributed by atoms with Gasteiger partial charge in [-0.05, 0) is 27.2 Å². The van der Waals surface area contributed by atoms with Crippen molar-refractivity contribution in [2.45, 2.75) is 38.0 Å². The molecular weight excluding hydrogens is 220 g/mol. The molecule has 0 aliphatic heterocycles. The molecule has 5 nitrogen and oxygen atoms in total. The molecule has 0 saturated heterocycles. The second kappa shape index (κ2) is 4.76. The Morgan fingerprint density at radius 1 is 1.53 bits per heavy atom. The predicted octanol–water partition coefficient (Wildman–Crippen LogP) is 1.16. The fourth-order valence-electron chi connectivity index (χ4n) is 0.858. The second-order valence-electron chi connectivity index (χ2n) is 4.06. The van der Waals surface area contributed by atoms with Crippen LogP contribution in [-0.4, -0.2) is 29.8 Å². The molecule has 0 bridgehead atoms. The third kappa shape index (κ3) is 5.54. The highest BCUT2D eigenvalue weighted by atomic mass is 32.2. The van der Waals surface area contributed by atoms with E-state index in [1.165, 1.54) is 6.08 Å². The quantitative estimate of drug-likeness (QED) is 0.450. The Labute approximate surface area is 89.9 Å². The van der Waals surface area contributed by atoms with E-state index in [9.17, 15) is 13.2 Å². The molecule has 0 aliphatic carbocycles. The summed E-state index contributed by atoms with van der Waals surface area (Å²) in [6.45, 7) is 8.14. The van der Waals surface area contributed by atoms with Crippen molar-refractivity contribution in [3.8, 4) is 0 Å². The lowest BCUT2D eigenvalue weighted by molar-refractivity contribution is -0.154. The van der Waals surface area contributed by atoms with E-state index in [0.29, 0.717) is 0 Å². The molecule has 15 heavy (non-hydrogen) atoms. The number of ether oxygens (including phenoxy) is 1. The Morgan fingerprint density at radius 3 is 2.27 bits per heavy atom. The second-order valence-corrected chi connectivity index (χ2v) is 5.66. The molecule has 0 heterocycles. The first kappa shape index (κ1) is 14.1. The standard InChI is InChI=1S/C9H16O5S/c1-5-6-7(15(11,12)13)8(10)14-9(2,3)4/h5,7H,1,6H2,2-4H3,(H,11,12,13). The van der Waals surface area contributed by atoms with E-state index in [0.717, 1.165) is 0 Å². The highest BCUT2D eigenvalue weighted by molar-refractivity contribution is 7.87. The number of carbonyl (C=O) groups is 1. The smallest absolute Gasteiger partial charge is 0.327 e. The number of carbonyl (C=O) groups excluding carboxylic acids is 1. The van der Waals surface area contributed by atoms with Gasteiger partial charge < -0.3 is 4.74 Å². The summed E-state index contributed by atoms with van der Waals surface area (Å²) >= 11 is 0. The number of hydrogen-bond acceptors (Lipinski definition) is 4. The van der Waals surface area contributed by atoms with Crippen molar-refractivity contribution in [3.63, 3.8) is 0 Å². The molecule has 0 rings (SSSR count). The predicted molar refractivity (Wildman–Crippen MR) is 56.0 cm³/mol. The van der Waals surface area contributed by atoms with Crippen molar-refractivity contribution in [1.82, 2.24) is 0 Å². The van der Waals surface area contributed by atoms with Crippen molar-refractivity contribution < 1.29 is 22.5 Å². The molecule has 88 valence electrons. The van der Waals surface area contributed by atoms with E-state index in [2.05, 4.69) is 6.58 Å². The van der Waals surface area contributed by atoms with Crippen molar-refractivity contribution in [2.75, 3.05) is 0 Å². The highest BCUT2D eigenvalue weighted by Crippen LogP contribution is 2.14. The number of hydrogen-bond donors (Lipinski definition) is 1. The molecule has 0 aliphatic rings. The van der Waals surface area contributed by atoms with Crippen LogP contribution in [0.2, 0.25) is 0 Å². The van der Waals surface area contributed by atoms with Gasteiger partial charge in [0.2, 0.25) is 0 Å². The number of rotatable bonds is 4. The van der Waals surface area contributed by atoms with Gasteiger partial charge in [-0.15, -0.1) is 6.58 Å². The Morgan fingerprint density at radius 2 is 2.00 bits per heavy atom. The maximum atomic E-state index is 11.4. The number of allylic oxidation sites excluding steroid dienone is 1. The van der Waals surface area contributed by atoms with Gasteiger partial charge in [0.05, 0.1) is 0 Å². The summed E-state index contributed by atoms with van der Waals surface area (Å²) in [5.74, 6) is -0.968. The molecule has 0 radical (unpaired) electrons. The molecule has 1 N–H and O–H groups in total. The van der Waals surface area contributed by atoms with E-state index in [4.69, 9.17) is 9.29 Å². The lowest BCUT2D eigenvalue weighted by atomic mass is 10.2. The van der Waals surface area contributed by atoms with Crippen LogP contribution in [-0.2, 0) is 19.6 Å². The van der Waals surface area contributed by atoms with E-state index in [1.807, 2.05) is 0 Å². The van der Waals surface area contributed by atoms with Gasteiger partial charge >= 0.3 is 5.97 Å². The first-order valence-corrected chi connectivity index (χ1v) is 5.88. The summed E-state index contributed by atoms with van der Waals surface area (Å²) in [5.41, 5.74) is -0.790. The lowest BCUT2D eigenvalue weighted by Gasteiger charge is -2.22. The van der Waals surface area contributed by atoms with Crippen molar-refractivity contribution >= 4 is 16.1 Å². The molecule has 0 saturated carbocycles. The fourth-order valence-corrected chi connectivity index (χ4v) is 1.53. The Kier molecular flexibility index (Phi) is 4.48. The van der Waals surface area contributed by atoms with Crippen LogP contribution in [0, 0.1) is 0 Å². The van der Waals surface area contributed by atoms with Gasteiger partial charge in [-0.25, -0.2) is 0 Å². The third-order valence-corrected chi connectivity index (χ3v) is 2.51. The average molecular weight is 236 g/mol. The largest absolute Gasteiger partial charge is 0.459 e. The third-order valence-electron chi connectivity index (χ3n) is 1.41. The van der Waals surface area contributed by atoms with Gasteiger partial charge in [-0.3, -0.25) is 9.35 Å². The first-order chi connectivity index (χ1) is 6.58. The Hall–Kier alpha value is -0.880. The summed E-state index contributed by atoms with van der Waals surface area (Å²) in [7, 11) is -4.44. The Bertz CT molecular complexity index is 336. The summed E-state index contributed by atoms with van der Waals surface area (Å²) in [4.78, 5) is 11.4. The van der Waals surface area contributed by atoms with Crippen molar-refractivity contribution in [1.29, 1.82) is 0 Å². The maximum Gasteiger partial charge on any atom is 0.327 e. The van der Waals surface area contributed by atoms with Crippen LogP contribution in [0.25, 0.3) is 0 Å². The molecule has 0 aromatic carbocycles. The highest BCUT2D eigenvalue weighted by Gasteiger charge is 2.33. The minimum atomic E-state index is -4.44. The minimum Gasteiger partial charge on any atom is -0.459 e. The van der Waals surface area contributed by atoms with E-state index in [1.54, 1.807) is 20.8 Å². The summed E-state index contributed by atoms with van der Waals surface area (Å²) in [5, 5.41) is -1.59. The maximum absolute atomic E-state index is 11.4. The van der Waals surface area contributed by atoms with Gasteiger partial charge in [0.1, 0.15) is 5.60 Å². The topological polar surface area (TPSA) is 80.7 Å². The van der Waals surface area contributed by atoms with Gasteiger partial charge in [0.15, 0.2) is 5.25 Å². The first-order valence-electron chi connectivity index (χ1n) is 4.38. The molecular formula is C9H16O5S. The zero-order valence-electron chi connectivity index (χ0n) is 9.06.